The number of benzene rings is 2. The number of aryl methyl sites for hydroxylation is 3. The maximum Gasteiger partial charge on any atom is 0.226 e. The summed E-state index contributed by atoms with van der Waals surface area (Å²) in [6.07, 6.45) is 3.31. The normalized spacial score (nSPS) is 11.8. The van der Waals surface area contributed by atoms with Crippen molar-refractivity contribution in [3.8, 4) is 11.5 Å². The van der Waals surface area contributed by atoms with Crippen LogP contribution in [0.3, 0.4) is 0 Å². The Labute approximate surface area is 144 Å². The molecule has 2 aromatic carbocycles. The number of hydrogen-bond donors (Lipinski definition) is 0. The van der Waals surface area contributed by atoms with Crippen molar-refractivity contribution >= 4 is 27.2 Å². The van der Waals surface area contributed by atoms with E-state index in [4.69, 9.17) is 9.52 Å². The van der Waals surface area contributed by atoms with Crippen molar-refractivity contribution in [2.75, 3.05) is 0 Å². The predicted octanol–water partition coefficient (Wildman–Crippen LogP) is 5.22. The molecule has 0 spiro atoms. The third-order valence-electron chi connectivity index (χ3n) is 4.90. The van der Waals surface area contributed by atoms with Crippen LogP contribution in [-0.2, 0) is 0 Å². The lowest BCUT2D eigenvalue weighted by molar-refractivity contribution is 0.575. The molecule has 0 atom stereocenters. The summed E-state index contributed by atoms with van der Waals surface area (Å²) in [5.41, 5.74) is 6.63. The van der Waals surface area contributed by atoms with Crippen LogP contribution >= 0.6 is 0 Å². The summed E-state index contributed by atoms with van der Waals surface area (Å²) in [4.78, 5) is 4.42. The minimum absolute atomic E-state index is 0.647. The minimum atomic E-state index is 0.647. The third kappa shape index (κ3) is 1.88. The van der Waals surface area contributed by atoms with Crippen molar-refractivity contribution in [3.63, 3.8) is 0 Å². The first-order valence-corrected chi connectivity index (χ1v) is 8.36. The van der Waals surface area contributed by atoms with Gasteiger partial charge < -0.3 is 4.42 Å². The number of pyridine rings is 1. The van der Waals surface area contributed by atoms with Crippen LogP contribution in [0.5, 0.6) is 0 Å². The fourth-order valence-corrected chi connectivity index (χ4v) is 3.84. The summed E-state index contributed by atoms with van der Waals surface area (Å²) >= 11 is 0. The van der Waals surface area contributed by atoms with Gasteiger partial charge in [-0.2, -0.15) is 5.10 Å². The monoisotopic (exact) mass is 327 g/mol. The zero-order valence-corrected chi connectivity index (χ0v) is 14.4. The summed E-state index contributed by atoms with van der Waals surface area (Å²) in [6, 6.07) is 12.8. The topological polar surface area (TPSA) is 43.3 Å². The smallest absolute Gasteiger partial charge is 0.226 e. The first-order chi connectivity index (χ1) is 12.1. The molecule has 3 aromatic heterocycles. The molecule has 122 valence electrons. The van der Waals surface area contributed by atoms with E-state index in [-0.39, 0.29) is 0 Å². The third-order valence-corrected chi connectivity index (χ3v) is 4.90. The van der Waals surface area contributed by atoms with Gasteiger partial charge in [-0.15, -0.1) is 0 Å². The van der Waals surface area contributed by atoms with Crippen LogP contribution in [-0.4, -0.2) is 14.6 Å². The molecular formula is C21H17N3O. The molecule has 0 aliphatic rings. The Kier molecular flexibility index (Phi) is 2.80. The van der Waals surface area contributed by atoms with Crippen LogP contribution < -0.4 is 0 Å². The highest BCUT2D eigenvalue weighted by atomic mass is 16.3. The molecule has 0 N–H and O–H groups in total. The fraction of sp³-hybridized carbons (Fsp3) is 0.143. The zero-order chi connectivity index (χ0) is 17.1. The first-order valence-electron chi connectivity index (χ1n) is 8.36. The number of aromatic nitrogens is 3. The van der Waals surface area contributed by atoms with E-state index in [1.54, 1.807) is 12.5 Å². The molecule has 4 nitrogen and oxygen atoms in total. The van der Waals surface area contributed by atoms with Crippen molar-refractivity contribution in [1.29, 1.82) is 0 Å². The average molecular weight is 327 g/mol. The first kappa shape index (κ1) is 14.2. The molecule has 0 fully saturated rings. The second kappa shape index (κ2) is 4.93. The van der Waals surface area contributed by atoms with E-state index >= 15 is 0 Å². The molecule has 0 aliphatic heterocycles. The van der Waals surface area contributed by atoms with Crippen LogP contribution in [0.4, 0.5) is 0 Å². The van der Waals surface area contributed by atoms with Gasteiger partial charge in [0.25, 0.3) is 0 Å². The molecule has 4 heteroatoms. The molecule has 0 saturated carbocycles. The maximum absolute atomic E-state index is 5.66. The quantitative estimate of drug-likeness (QED) is 0.396. The Morgan fingerprint density at radius 2 is 1.80 bits per heavy atom. The number of oxazole rings is 1. The largest absolute Gasteiger partial charge is 0.444 e. The van der Waals surface area contributed by atoms with Crippen molar-refractivity contribution in [1.82, 2.24) is 14.6 Å². The Morgan fingerprint density at radius 3 is 2.60 bits per heavy atom. The van der Waals surface area contributed by atoms with Gasteiger partial charge in [-0.05, 0) is 49.4 Å². The molecule has 0 bridgehead atoms. The van der Waals surface area contributed by atoms with Crippen molar-refractivity contribution in [2.45, 2.75) is 20.8 Å². The molecule has 0 unspecified atom stereocenters. The second-order valence-corrected chi connectivity index (χ2v) is 6.57. The molecule has 0 saturated heterocycles. The highest BCUT2D eigenvalue weighted by Gasteiger charge is 2.18. The Balaban J connectivity index is 2.16. The average Bonchev–Trinajstić information content (AvgIpc) is 3.24. The number of hydrogen-bond acceptors (Lipinski definition) is 3. The van der Waals surface area contributed by atoms with Crippen LogP contribution in [0.25, 0.3) is 38.6 Å². The van der Waals surface area contributed by atoms with Gasteiger partial charge in [0.2, 0.25) is 5.89 Å². The number of rotatable bonds is 1. The van der Waals surface area contributed by atoms with E-state index in [1.165, 1.54) is 16.3 Å². The van der Waals surface area contributed by atoms with Gasteiger partial charge in [0, 0.05) is 10.8 Å². The highest BCUT2D eigenvalue weighted by Crippen LogP contribution is 2.38. The second-order valence-electron chi connectivity index (χ2n) is 6.57. The molecule has 3 heterocycles. The number of nitrogens with zero attached hydrogens (tertiary/aromatic N) is 3. The van der Waals surface area contributed by atoms with E-state index in [2.05, 4.69) is 55.2 Å². The van der Waals surface area contributed by atoms with E-state index in [0.29, 0.717) is 5.89 Å². The predicted molar refractivity (Wildman–Crippen MR) is 99.9 cm³/mol. The van der Waals surface area contributed by atoms with E-state index < -0.39 is 0 Å². The van der Waals surface area contributed by atoms with Gasteiger partial charge in [-0.1, -0.05) is 24.3 Å². The van der Waals surface area contributed by atoms with Crippen LogP contribution in [0.15, 0.2) is 53.3 Å². The molecule has 0 aliphatic carbocycles. The van der Waals surface area contributed by atoms with E-state index in [0.717, 1.165) is 33.2 Å². The van der Waals surface area contributed by atoms with Gasteiger partial charge in [0.15, 0.2) is 0 Å². The minimum Gasteiger partial charge on any atom is -0.444 e. The van der Waals surface area contributed by atoms with E-state index in [1.807, 2.05) is 11.4 Å². The fourth-order valence-electron chi connectivity index (χ4n) is 3.84. The summed E-state index contributed by atoms with van der Waals surface area (Å²) in [6.45, 7) is 6.28. The van der Waals surface area contributed by atoms with Gasteiger partial charge in [-0.25, -0.2) is 9.50 Å². The molecular weight excluding hydrogens is 310 g/mol. The molecule has 0 radical (unpaired) electrons. The van der Waals surface area contributed by atoms with Crippen LogP contribution in [0, 0.1) is 20.8 Å². The molecule has 5 aromatic rings. The van der Waals surface area contributed by atoms with Gasteiger partial charge in [0.05, 0.1) is 28.5 Å². The Bertz CT molecular complexity index is 1260. The van der Waals surface area contributed by atoms with Crippen LogP contribution in [0.1, 0.15) is 16.8 Å². The van der Waals surface area contributed by atoms with Gasteiger partial charge >= 0.3 is 0 Å². The molecule has 0 amide bonds. The molecule has 5 rings (SSSR count). The summed E-state index contributed by atoms with van der Waals surface area (Å²) < 4.78 is 7.71. The van der Waals surface area contributed by atoms with Gasteiger partial charge in [0.1, 0.15) is 6.26 Å². The summed E-state index contributed by atoms with van der Waals surface area (Å²) in [5, 5.41) is 8.32. The van der Waals surface area contributed by atoms with Crippen LogP contribution in [0.2, 0.25) is 0 Å². The van der Waals surface area contributed by atoms with Crippen molar-refractivity contribution in [3.05, 3.63) is 65.7 Å². The number of fused-ring (bicyclic) bond motifs is 6. The summed E-state index contributed by atoms with van der Waals surface area (Å²) in [5.74, 6) is 0.647. The Morgan fingerprint density at radius 1 is 0.920 bits per heavy atom. The molecule has 25 heavy (non-hydrogen) atoms. The van der Waals surface area contributed by atoms with E-state index in [9.17, 15) is 0 Å². The lowest BCUT2D eigenvalue weighted by Crippen LogP contribution is -1.97. The maximum atomic E-state index is 5.66. The summed E-state index contributed by atoms with van der Waals surface area (Å²) in [7, 11) is 0. The SMILES string of the molecule is Cc1cc2c3c(C)cccc3c3c(-c4ncco4)c(C)ccc3n2n1. The zero-order valence-electron chi connectivity index (χ0n) is 14.4. The lowest BCUT2D eigenvalue weighted by Gasteiger charge is -2.14. The van der Waals surface area contributed by atoms with Crippen molar-refractivity contribution in [2.24, 2.45) is 0 Å². The Hall–Kier alpha value is -3.14. The highest BCUT2D eigenvalue weighted by molar-refractivity contribution is 6.18. The standard InChI is InChI=1S/C21H17N3O/c1-12-5-4-6-15-18(12)17-11-14(3)23-24(17)16-8-7-13(2)19(20(15)16)21-22-9-10-25-21/h4-11H,1-3H3. The lowest BCUT2D eigenvalue weighted by atomic mass is 9.95. The van der Waals surface area contributed by atoms with Crippen molar-refractivity contribution < 1.29 is 4.42 Å². The van der Waals surface area contributed by atoms with Gasteiger partial charge in [-0.3, -0.25) is 0 Å².